The van der Waals surface area contributed by atoms with E-state index >= 15 is 0 Å². The van der Waals surface area contributed by atoms with Gasteiger partial charge in [-0.1, -0.05) is 11.6 Å². The molecule has 10 heteroatoms. The number of halogens is 2. The predicted molar refractivity (Wildman–Crippen MR) is 91.6 cm³/mol. The topological polar surface area (TPSA) is 108 Å². The van der Waals surface area contributed by atoms with E-state index in [1.54, 1.807) is 0 Å². The molecule has 27 heavy (non-hydrogen) atoms. The Hall–Kier alpha value is -3.33. The van der Waals surface area contributed by atoms with Crippen molar-refractivity contribution in [3.63, 3.8) is 0 Å². The van der Waals surface area contributed by atoms with Crippen molar-refractivity contribution in [3.8, 4) is 11.5 Å². The SMILES string of the molecule is C[C@H](OC(=O)c1cc([N+](=O)[O-])ccc1Cl)c1nnc(-c2ccc(F)cc2)o1. The molecule has 2 aromatic carbocycles. The van der Waals surface area contributed by atoms with Crippen molar-refractivity contribution in [2.75, 3.05) is 0 Å². The highest BCUT2D eigenvalue weighted by Crippen LogP contribution is 2.26. The zero-order valence-corrected chi connectivity index (χ0v) is 14.5. The Morgan fingerprint density at radius 1 is 1.26 bits per heavy atom. The Labute approximate surface area is 156 Å². The van der Waals surface area contributed by atoms with Gasteiger partial charge in [-0.25, -0.2) is 9.18 Å². The third-order valence-corrected chi connectivity index (χ3v) is 3.87. The Morgan fingerprint density at radius 3 is 2.63 bits per heavy atom. The zero-order chi connectivity index (χ0) is 19.6. The second-order valence-electron chi connectivity index (χ2n) is 5.42. The van der Waals surface area contributed by atoms with Crippen LogP contribution in [-0.2, 0) is 4.74 Å². The van der Waals surface area contributed by atoms with Crippen LogP contribution in [0.25, 0.3) is 11.5 Å². The number of esters is 1. The highest BCUT2D eigenvalue weighted by Gasteiger charge is 2.23. The molecule has 0 aliphatic rings. The molecule has 0 amide bonds. The molecule has 1 atom stereocenters. The van der Waals surface area contributed by atoms with E-state index < -0.39 is 22.8 Å². The van der Waals surface area contributed by atoms with Gasteiger partial charge in [-0.3, -0.25) is 10.1 Å². The lowest BCUT2D eigenvalue weighted by Crippen LogP contribution is -2.10. The summed E-state index contributed by atoms with van der Waals surface area (Å²) in [5.74, 6) is -1.15. The van der Waals surface area contributed by atoms with Crippen molar-refractivity contribution in [1.82, 2.24) is 10.2 Å². The molecule has 0 spiro atoms. The largest absolute Gasteiger partial charge is 0.449 e. The van der Waals surface area contributed by atoms with Gasteiger partial charge in [0.1, 0.15) is 5.82 Å². The Morgan fingerprint density at radius 2 is 1.96 bits per heavy atom. The molecule has 1 heterocycles. The summed E-state index contributed by atoms with van der Waals surface area (Å²) >= 11 is 5.92. The van der Waals surface area contributed by atoms with Gasteiger partial charge < -0.3 is 9.15 Å². The number of benzene rings is 2. The summed E-state index contributed by atoms with van der Waals surface area (Å²) in [6.45, 7) is 1.49. The molecule has 3 rings (SSSR count). The van der Waals surface area contributed by atoms with Gasteiger partial charge in [0.15, 0.2) is 6.10 Å². The number of nitrogens with zero attached hydrogens (tertiary/aromatic N) is 3. The molecule has 0 N–H and O–H groups in total. The number of aromatic nitrogens is 2. The molecular weight excluding hydrogens is 381 g/mol. The van der Waals surface area contributed by atoms with E-state index in [4.69, 9.17) is 20.8 Å². The lowest BCUT2D eigenvalue weighted by molar-refractivity contribution is -0.384. The smallest absolute Gasteiger partial charge is 0.340 e. The molecule has 0 bridgehead atoms. The van der Waals surface area contributed by atoms with Crippen molar-refractivity contribution in [2.24, 2.45) is 0 Å². The summed E-state index contributed by atoms with van der Waals surface area (Å²) in [6.07, 6.45) is -0.936. The van der Waals surface area contributed by atoms with E-state index in [2.05, 4.69) is 10.2 Å². The number of rotatable bonds is 5. The minimum Gasteiger partial charge on any atom is -0.449 e. The van der Waals surface area contributed by atoms with Gasteiger partial charge in [-0.2, -0.15) is 0 Å². The molecular formula is C17H11ClFN3O5. The fourth-order valence-corrected chi connectivity index (χ4v) is 2.36. The van der Waals surface area contributed by atoms with Crippen LogP contribution in [0.3, 0.4) is 0 Å². The quantitative estimate of drug-likeness (QED) is 0.361. The van der Waals surface area contributed by atoms with Crippen LogP contribution in [0.4, 0.5) is 10.1 Å². The maximum Gasteiger partial charge on any atom is 0.340 e. The summed E-state index contributed by atoms with van der Waals surface area (Å²) < 4.78 is 23.6. The Balaban J connectivity index is 1.77. The van der Waals surface area contributed by atoms with Crippen molar-refractivity contribution in [2.45, 2.75) is 13.0 Å². The second-order valence-corrected chi connectivity index (χ2v) is 5.83. The van der Waals surface area contributed by atoms with Crippen LogP contribution in [0.15, 0.2) is 46.9 Å². The third kappa shape index (κ3) is 4.09. The molecule has 0 aliphatic heterocycles. The first-order valence-corrected chi connectivity index (χ1v) is 7.97. The predicted octanol–water partition coefficient (Wildman–Crippen LogP) is 4.36. The molecule has 138 valence electrons. The molecule has 0 unspecified atom stereocenters. The number of nitro groups is 1. The van der Waals surface area contributed by atoms with Gasteiger partial charge in [-0.05, 0) is 37.3 Å². The lowest BCUT2D eigenvalue weighted by Gasteiger charge is -2.10. The van der Waals surface area contributed by atoms with Gasteiger partial charge in [0.05, 0.1) is 15.5 Å². The number of non-ortho nitro benzene ring substituents is 1. The molecule has 0 saturated carbocycles. The Bertz CT molecular complexity index is 1010. The van der Waals surface area contributed by atoms with Crippen LogP contribution in [0, 0.1) is 15.9 Å². The highest BCUT2D eigenvalue weighted by molar-refractivity contribution is 6.33. The normalized spacial score (nSPS) is 11.8. The van der Waals surface area contributed by atoms with E-state index in [9.17, 15) is 19.3 Å². The average Bonchev–Trinajstić information content (AvgIpc) is 3.12. The van der Waals surface area contributed by atoms with Crippen LogP contribution < -0.4 is 0 Å². The van der Waals surface area contributed by atoms with E-state index in [1.807, 2.05) is 0 Å². The van der Waals surface area contributed by atoms with E-state index in [0.29, 0.717) is 5.56 Å². The summed E-state index contributed by atoms with van der Waals surface area (Å²) in [6, 6.07) is 8.85. The molecule has 0 aliphatic carbocycles. The maximum atomic E-state index is 13.0. The molecule has 8 nitrogen and oxygen atoms in total. The van der Waals surface area contributed by atoms with E-state index in [1.165, 1.54) is 43.3 Å². The van der Waals surface area contributed by atoms with Crippen molar-refractivity contribution >= 4 is 23.3 Å². The fourth-order valence-electron chi connectivity index (χ4n) is 2.17. The van der Waals surface area contributed by atoms with Crippen LogP contribution in [-0.4, -0.2) is 21.1 Å². The summed E-state index contributed by atoms with van der Waals surface area (Å²) in [7, 11) is 0. The average molecular weight is 392 g/mol. The first kappa shape index (κ1) is 18.5. The van der Waals surface area contributed by atoms with Crippen molar-refractivity contribution in [1.29, 1.82) is 0 Å². The fraction of sp³-hybridized carbons (Fsp3) is 0.118. The lowest BCUT2D eigenvalue weighted by atomic mass is 10.2. The number of nitro benzene ring substituents is 1. The van der Waals surface area contributed by atoms with Gasteiger partial charge in [0, 0.05) is 17.7 Å². The highest BCUT2D eigenvalue weighted by atomic mass is 35.5. The monoisotopic (exact) mass is 391 g/mol. The molecule has 3 aromatic rings. The van der Waals surface area contributed by atoms with Crippen LogP contribution in [0.2, 0.25) is 5.02 Å². The summed E-state index contributed by atoms with van der Waals surface area (Å²) in [5.41, 5.74) is 0.0433. The van der Waals surface area contributed by atoms with Crippen molar-refractivity contribution in [3.05, 3.63) is 74.9 Å². The minimum absolute atomic E-state index is 0.00392. The van der Waals surface area contributed by atoms with Gasteiger partial charge in [0.25, 0.3) is 11.6 Å². The Kier molecular flexibility index (Phi) is 5.13. The number of hydrogen-bond donors (Lipinski definition) is 0. The van der Waals surface area contributed by atoms with Crippen LogP contribution >= 0.6 is 11.6 Å². The minimum atomic E-state index is -0.936. The summed E-state index contributed by atoms with van der Waals surface area (Å²) in [4.78, 5) is 22.5. The molecule has 0 saturated heterocycles. The van der Waals surface area contributed by atoms with Gasteiger partial charge >= 0.3 is 5.97 Å². The van der Waals surface area contributed by atoms with Crippen molar-refractivity contribution < 1.29 is 23.3 Å². The summed E-state index contributed by atoms with van der Waals surface area (Å²) in [5, 5.41) is 18.5. The number of ether oxygens (including phenoxy) is 1. The van der Waals surface area contributed by atoms with E-state index in [0.717, 1.165) is 6.07 Å². The number of carbonyl (C=O) groups excluding carboxylic acids is 1. The van der Waals surface area contributed by atoms with Gasteiger partial charge in [-0.15, -0.1) is 10.2 Å². The molecule has 0 fully saturated rings. The maximum absolute atomic E-state index is 13.0. The van der Waals surface area contributed by atoms with Crippen LogP contribution in [0.5, 0.6) is 0 Å². The standard InChI is InChI=1S/C17H11ClFN3O5/c1-9(15-20-21-16(27-15)10-2-4-11(19)5-3-10)26-17(23)13-8-12(22(24)25)6-7-14(13)18/h2-9H,1H3/t9-/m0/s1. The van der Waals surface area contributed by atoms with E-state index in [-0.39, 0.29) is 28.1 Å². The van der Waals surface area contributed by atoms with Gasteiger partial charge in [0.2, 0.25) is 5.89 Å². The number of hydrogen-bond acceptors (Lipinski definition) is 7. The number of carbonyl (C=O) groups is 1. The van der Waals surface area contributed by atoms with Crippen LogP contribution in [0.1, 0.15) is 29.3 Å². The third-order valence-electron chi connectivity index (χ3n) is 3.54. The second kappa shape index (κ2) is 7.50. The molecule has 1 aromatic heterocycles. The first-order valence-electron chi connectivity index (χ1n) is 7.59. The molecule has 0 radical (unpaired) electrons. The zero-order valence-electron chi connectivity index (χ0n) is 13.8. The first-order chi connectivity index (χ1) is 12.8.